The van der Waals surface area contributed by atoms with Crippen molar-refractivity contribution in [1.82, 2.24) is 0 Å². The lowest BCUT2D eigenvalue weighted by atomic mass is 10.1. The molecule has 2 rings (SSSR count). The molecule has 0 heterocycles. The summed E-state index contributed by atoms with van der Waals surface area (Å²) in [7, 11) is 1.48. The molecule has 0 aliphatic rings. The number of nitrogens with one attached hydrogen (secondary N) is 1. The van der Waals surface area contributed by atoms with E-state index in [1.165, 1.54) is 37.5 Å². The summed E-state index contributed by atoms with van der Waals surface area (Å²) in [6.07, 6.45) is 6.60. The van der Waals surface area contributed by atoms with E-state index in [0.29, 0.717) is 22.7 Å². The number of phenolic OH excluding ortho intramolecular Hbond substituents is 1. The van der Waals surface area contributed by atoms with Gasteiger partial charge in [-0.25, -0.2) is 0 Å². The Hall–Kier alpha value is -3.90. The number of phenols is 1. The summed E-state index contributed by atoms with van der Waals surface area (Å²) >= 11 is 0. The fraction of sp³-hybridized carbons (Fsp3) is 0.100. The zero-order valence-corrected chi connectivity index (χ0v) is 14.0. The number of nitrogens with zero attached hydrogens (tertiary/aromatic N) is 1. The molecule has 0 saturated heterocycles. The minimum absolute atomic E-state index is 0.0817. The number of rotatable bonds is 6. The van der Waals surface area contributed by atoms with Crippen molar-refractivity contribution in [2.45, 2.75) is 0 Å². The van der Waals surface area contributed by atoms with E-state index in [1.807, 2.05) is 6.07 Å². The summed E-state index contributed by atoms with van der Waals surface area (Å²) in [6.45, 7) is 0.101. The van der Waals surface area contributed by atoms with Crippen molar-refractivity contribution in [3.63, 3.8) is 0 Å². The Morgan fingerprint density at radius 2 is 2.00 bits per heavy atom. The molecule has 0 aliphatic heterocycles. The second-order valence-electron chi connectivity index (χ2n) is 5.07. The monoisotopic (exact) mass is 348 g/mol. The van der Waals surface area contributed by atoms with Gasteiger partial charge < -0.3 is 19.9 Å². The molecule has 2 aromatic carbocycles. The summed E-state index contributed by atoms with van der Waals surface area (Å²) in [5, 5.41) is 21.1. The maximum atomic E-state index is 12.3. The fourth-order valence-corrected chi connectivity index (χ4v) is 2.07. The maximum Gasteiger partial charge on any atom is 0.266 e. The lowest BCUT2D eigenvalue weighted by molar-refractivity contribution is -0.112. The molecule has 0 spiro atoms. The maximum absolute atomic E-state index is 12.3. The highest BCUT2D eigenvalue weighted by Gasteiger charge is 2.11. The summed E-state index contributed by atoms with van der Waals surface area (Å²) < 4.78 is 10.6. The molecule has 0 atom stereocenters. The quantitative estimate of drug-likeness (QED) is 0.362. The topological polar surface area (TPSA) is 91.6 Å². The number of anilines is 1. The second kappa shape index (κ2) is 8.81. The van der Waals surface area contributed by atoms with Crippen LogP contribution in [0, 0.1) is 23.7 Å². The standard InChI is InChI=1S/C20H16N2O4/c1-3-10-26-18-9-4-14(12-19(18)25-2)11-15(13-21)20(24)22-16-5-7-17(23)8-6-16/h1,4-9,11-12,23H,10H2,2H3,(H,22,24)/b15-11+. The van der Waals surface area contributed by atoms with Crippen molar-refractivity contribution in [3.8, 4) is 35.7 Å². The van der Waals surface area contributed by atoms with Crippen molar-refractivity contribution in [3.05, 3.63) is 53.6 Å². The predicted octanol–water partition coefficient (Wildman–Crippen LogP) is 2.96. The molecule has 2 N–H and O–H groups in total. The number of nitriles is 1. The number of amides is 1. The molecule has 0 unspecified atom stereocenters. The summed E-state index contributed by atoms with van der Waals surface area (Å²) in [6, 6.07) is 12.8. The number of aromatic hydroxyl groups is 1. The molecule has 26 heavy (non-hydrogen) atoms. The van der Waals surface area contributed by atoms with Gasteiger partial charge in [0.25, 0.3) is 5.91 Å². The van der Waals surface area contributed by atoms with Crippen LogP contribution in [0.4, 0.5) is 5.69 Å². The third kappa shape index (κ3) is 4.80. The van der Waals surface area contributed by atoms with Gasteiger partial charge >= 0.3 is 0 Å². The lowest BCUT2D eigenvalue weighted by Crippen LogP contribution is -2.13. The first kappa shape index (κ1) is 18.4. The summed E-state index contributed by atoms with van der Waals surface area (Å²) in [4.78, 5) is 12.3. The number of methoxy groups -OCH3 is 1. The molecule has 0 bridgehead atoms. The van der Waals surface area contributed by atoms with Gasteiger partial charge in [-0.2, -0.15) is 5.26 Å². The van der Waals surface area contributed by atoms with Crippen molar-refractivity contribution in [2.24, 2.45) is 0 Å². The molecule has 6 heteroatoms. The first-order valence-electron chi connectivity index (χ1n) is 7.54. The van der Waals surface area contributed by atoms with Crippen molar-refractivity contribution in [2.75, 3.05) is 19.0 Å². The average Bonchev–Trinajstić information content (AvgIpc) is 2.66. The molecule has 0 saturated carbocycles. The third-order valence-electron chi connectivity index (χ3n) is 3.30. The molecular weight excluding hydrogens is 332 g/mol. The predicted molar refractivity (Wildman–Crippen MR) is 97.6 cm³/mol. The SMILES string of the molecule is C#CCOc1ccc(/C=C(\C#N)C(=O)Nc2ccc(O)cc2)cc1OC. The Kier molecular flexibility index (Phi) is 6.25. The van der Waals surface area contributed by atoms with Gasteiger partial charge in [0.15, 0.2) is 11.5 Å². The van der Waals surface area contributed by atoms with E-state index in [1.54, 1.807) is 18.2 Å². The first-order chi connectivity index (χ1) is 12.6. The van der Waals surface area contributed by atoms with E-state index in [-0.39, 0.29) is 17.9 Å². The van der Waals surface area contributed by atoms with E-state index in [2.05, 4.69) is 11.2 Å². The van der Waals surface area contributed by atoms with Crippen LogP contribution in [-0.4, -0.2) is 24.7 Å². The fourth-order valence-electron chi connectivity index (χ4n) is 2.07. The van der Waals surface area contributed by atoms with Crippen molar-refractivity contribution >= 4 is 17.7 Å². The Morgan fingerprint density at radius 1 is 1.27 bits per heavy atom. The van der Waals surface area contributed by atoms with Crippen molar-refractivity contribution in [1.29, 1.82) is 5.26 Å². The van der Waals surface area contributed by atoms with E-state index in [4.69, 9.17) is 15.9 Å². The van der Waals surface area contributed by atoms with Crippen LogP contribution >= 0.6 is 0 Å². The molecule has 0 aromatic heterocycles. The number of hydrogen-bond acceptors (Lipinski definition) is 5. The van der Waals surface area contributed by atoms with Crippen molar-refractivity contribution < 1.29 is 19.4 Å². The normalized spacial score (nSPS) is 10.3. The van der Waals surface area contributed by atoms with Crippen LogP contribution in [0.5, 0.6) is 17.2 Å². The van der Waals surface area contributed by atoms with Gasteiger partial charge in [-0.1, -0.05) is 12.0 Å². The lowest BCUT2D eigenvalue weighted by Gasteiger charge is -2.09. The number of hydrogen-bond donors (Lipinski definition) is 2. The van der Waals surface area contributed by atoms with E-state index >= 15 is 0 Å². The third-order valence-corrected chi connectivity index (χ3v) is 3.30. The van der Waals surface area contributed by atoms with Gasteiger partial charge in [-0.15, -0.1) is 6.42 Å². The number of ether oxygens (including phenoxy) is 2. The van der Waals surface area contributed by atoms with Gasteiger partial charge in [-0.3, -0.25) is 4.79 Å². The van der Waals surface area contributed by atoms with Crippen LogP contribution in [-0.2, 0) is 4.79 Å². The molecule has 0 fully saturated rings. The highest BCUT2D eigenvalue weighted by Crippen LogP contribution is 2.29. The molecule has 130 valence electrons. The van der Waals surface area contributed by atoms with Crippen LogP contribution in [0.2, 0.25) is 0 Å². The molecule has 6 nitrogen and oxygen atoms in total. The summed E-state index contributed by atoms with van der Waals surface area (Å²) in [5.74, 6) is 2.78. The van der Waals surface area contributed by atoms with Crippen LogP contribution in [0.15, 0.2) is 48.0 Å². The largest absolute Gasteiger partial charge is 0.508 e. The molecule has 2 aromatic rings. The Labute approximate surface area is 151 Å². The highest BCUT2D eigenvalue weighted by molar-refractivity contribution is 6.09. The van der Waals surface area contributed by atoms with Crippen LogP contribution in [0.1, 0.15) is 5.56 Å². The number of carbonyl (C=O) groups excluding carboxylic acids is 1. The Bertz CT molecular complexity index is 903. The Balaban J connectivity index is 2.22. The van der Waals surface area contributed by atoms with Gasteiger partial charge in [-0.05, 0) is 48.0 Å². The average molecular weight is 348 g/mol. The van der Waals surface area contributed by atoms with Crippen LogP contribution in [0.3, 0.4) is 0 Å². The van der Waals surface area contributed by atoms with Gasteiger partial charge in [0, 0.05) is 5.69 Å². The van der Waals surface area contributed by atoms with Gasteiger partial charge in [0.1, 0.15) is 24.0 Å². The van der Waals surface area contributed by atoms with E-state index in [0.717, 1.165) is 0 Å². The van der Waals surface area contributed by atoms with Gasteiger partial charge in [0.2, 0.25) is 0 Å². The summed E-state index contributed by atoms with van der Waals surface area (Å²) in [5.41, 5.74) is 0.967. The zero-order chi connectivity index (χ0) is 18.9. The minimum atomic E-state index is -0.565. The van der Waals surface area contributed by atoms with Crippen LogP contribution < -0.4 is 14.8 Å². The highest BCUT2D eigenvalue weighted by atomic mass is 16.5. The molecular formula is C20H16N2O4. The molecule has 0 radical (unpaired) electrons. The Morgan fingerprint density at radius 3 is 2.62 bits per heavy atom. The van der Waals surface area contributed by atoms with Gasteiger partial charge in [0.05, 0.1) is 7.11 Å². The number of carbonyl (C=O) groups is 1. The smallest absolute Gasteiger partial charge is 0.266 e. The number of benzene rings is 2. The zero-order valence-electron chi connectivity index (χ0n) is 14.0. The molecule has 1 amide bonds. The molecule has 0 aliphatic carbocycles. The minimum Gasteiger partial charge on any atom is -0.508 e. The van der Waals surface area contributed by atoms with Crippen LogP contribution in [0.25, 0.3) is 6.08 Å². The second-order valence-corrected chi connectivity index (χ2v) is 5.07. The van der Waals surface area contributed by atoms with E-state index in [9.17, 15) is 15.2 Å². The van der Waals surface area contributed by atoms with E-state index < -0.39 is 5.91 Å². The number of terminal acetylenes is 1. The first-order valence-corrected chi connectivity index (χ1v) is 7.54.